The highest BCUT2D eigenvalue weighted by molar-refractivity contribution is 7.47. The van der Waals surface area contributed by atoms with E-state index >= 15 is 0 Å². The highest BCUT2D eigenvalue weighted by Gasteiger charge is 2.27. The molecular formula is C46H89NO8P+. The minimum absolute atomic E-state index is 0.0318. The van der Waals surface area contributed by atoms with Gasteiger partial charge in [-0.15, -0.1) is 6.58 Å². The average Bonchev–Trinajstić information content (AvgIpc) is 3.15. The van der Waals surface area contributed by atoms with Gasteiger partial charge in [-0.3, -0.25) is 18.6 Å². The van der Waals surface area contributed by atoms with Crippen LogP contribution >= 0.6 is 7.82 Å². The van der Waals surface area contributed by atoms with Gasteiger partial charge in [0.25, 0.3) is 0 Å². The van der Waals surface area contributed by atoms with Crippen LogP contribution in [-0.2, 0) is 32.7 Å². The first kappa shape index (κ1) is 54.5. The zero-order valence-corrected chi connectivity index (χ0v) is 37.9. The van der Waals surface area contributed by atoms with Crippen molar-refractivity contribution in [3.63, 3.8) is 0 Å². The Balaban J connectivity index is 4.30. The number of unbranched alkanes of at least 4 members (excludes halogenated alkanes) is 26. The summed E-state index contributed by atoms with van der Waals surface area (Å²) in [6, 6.07) is 0. The number of hydrogen-bond acceptors (Lipinski definition) is 7. The summed E-state index contributed by atoms with van der Waals surface area (Å²) in [7, 11) is 1.48. The maximum absolute atomic E-state index is 12.7. The number of quaternary nitrogens is 1. The molecule has 0 aliphatic rings. The topological polar surface area (TPSA) is 108 Å². The first-order valence-corrected chi connectivity index (χ1v) is 24.5. The third-order valence-electron chi connectivity index (χ3n) is 10.1. The average molecular weight is 815 g/mol. The van der Waals surface area contributed by atoms with Crippen LogP contribution in [0.5, 0.6) is 0 Å². The van der Waals surface area contributed by atoms with Crippen molar-refractivity contribution in [3.8, 4) is 0 Å². The molecule has 0 aliphatic heterocycles. The Labute approximate surface area is 345 Å². The molecule has 0 rings (SSSR count). The van der Waals surface area contributed by atoms with Gasteiger partial charge in [-0.1, -0.05) is 160 Å². The summed E-state index contributed by atoms with van der Waals surface area (Å²) in [6.07, 6.45) is 41.1. The van der Waals surface area contributed by atoms with E-state index in [2.05, 4.69) is 25.7 Å². The molecule has 0 saturated carbocycles. The van der Waals surface area contributed by atoms with Crippen molar-refractivity contribution < 1.29 is 42.1 Å². The molecule has 1 unspecified atom stereocenters. The molecule has 0 heterocycles. The number of allylic oxidation sites excluding steroid dienone is 3. The minimum Gasteiger partial charge on any atom is -0.462 e. The predicted octanol–water partition coefficient (Wildman–Crippen LogP) is 13.1. The van der Waals surface area contributed by atoms with E-state index in [9.17, 15) is 19.0 Å². The summed E-state index contributed by atoms with van der Waals surface area (Å²) >= 11 is 0. The van der Waals surface area contributed by atoms with E-state index in [-0.39, 0.29) is 32.0 Å². The van der Waals surface area contributed by atoms with Gasteiger partial charge in [0.05, 0.1) is 27.7 Å². The van der Waals surface area contributed by atoms with Gasteiger partial charge in [0.2, 0.25) is 0 Å². The van der Waals surface area contributed by atoms with E-state index in [4.69, 9.17) is 18.5 Å². The Morgan fingerprint density at radius 3 is 1.45 bits per heavy atom. The quantitative estimate of drug-likeness (QED) is 0.0213. The van der Waals surface area contributed by atoms with E-state index in [0.717, 1.165) is 51.4 Å². The monoisotopic (exact) mass is 815 g/mol. The molecule has 330 valence electrons. The van der Waals surface area contributed by atoms with Crippen LogP contribution in [0, 0.1) is 0 Å². The number of nitrogens with zero attached hydrogens (tertiary/aromatic N) is 1. The second kappa shape index (κ2) is 39.0. The summed E-state index contributed by atoms with van der Waals surface area (Å²) in [4.78, 5) is 35.4. The molecule has 0 radical (unpaired) electrons. The first-order valence-electron chi connectivity index (χ1n) is 23.0. The van der Waals surface area contributed by atoms with Crippen LogP contribution in [0.25, 0.3) is 0 Å². The summed E-state index contributed by atoms with van der Waals surface area (Å²) in [6.45, 7) is 5.95. The van der Waals surface area contributed by atoms with Crippen molar-refractivity contribution in [2.75, 3.05) is 47.5 Å². The number of phosphoric acid groups is 1. The van der Waals surface area contributed by atoms with Gasteiger partial charge in [-0.2, -0.15) is 0 Å². The van der Waals surface area contributed by atoms with Gasteiger partial charge < -0.3 is 18.9 Å². The normalized spacial score (nSPS) is 13.5. The van der Waals surface area contributed by atoms with Crippen LogP contribution < -0.4 is 0 Å². The van der Waals surface area contributed by atoms with Crippen LogP contribution in [-0.4, -0.2) is 74.9 Å². The molecule has 0 fully saturated rings. The fourth-order valence-corrected chi connectivity index (χ4v) is 7.20. The summed E-state index contributed by atoms with van der Waals surface area (Å²) in [5, 5.41) is 0. The van der Waals surface area contributed by atoms with Gasteiger partial charge in [0.1, 0.15) is 19.8 Å². The molecule has 0 aromatic carbocycles. The lowest BCUT2D eigenvalue weighted by atomic mass is 10.0. The Bertz CT molecular complexity index is 998. The first-order chi connectivity index (χ1) is 27.0. The highest BCUT2D eigenvalue weighted by Crippen LogP contribution is 2.43. The molecule has 10 heteroatoms. The number of hydrogen-bond donors (Lipinski definition) is 1. The SMILES string of the molecule is C=CCCCCCCCCCCCCCCCC(=O)OC[C@H](COP(=O)(O)OCC[N+](C)(C)C)OC(=O)CCCCCCCCC/C=C/CCCCCCCC. The Morgan fingerprint density at radius 1 is 0.589 bits per heavy atom. The highest BCUT2D eigenvalue weighted by atomic mass is 31.2. The molecule has 0 bridgehead atoms. The molecule has 0 aromatic rings. The van der Waals surface area contributed by atoms with E-state index in [0.29, 0.717) is 17.4 Å². The van der Waals surface area contributed by atoms with Crippen LogP contribution in [0.1, 0.15) is 206 Å². The number of rotatable bonds is 43. The second-order valence-electron chi connectivity index (χ2n) is 16.9. The molecule has 0 spiro atoms. The maximum Gasteiger partial charge on any atom is 0.472 e. The summed E-state index contributed by atoms with van der Waals surface area (Å²) in [5.74, 6) is -0.800. The van der Waals surface area contributed by atoms with Gasteiger partial charge in [-0.25, -0.2) is 4.57 Å². The third-order valence-corrected chi connectivity index (χ3v) is 11.1. The van der Waals surface area contributed by atoms with Gasteiger partial charge in [0.15, 0.2) is 6.10 Å². The zero-order chi connectivity index (χ0) is 41.4. The van der Waals surface area contributed by atoms with Gasteiger partial charge in [0, 0.05) is 12.8 Å². The van der Waals surface area contributed by atoms with Crippen LogP contribution in [0.2, 0.25) is 0 Å². The Kier molecular flexibility index (Phi) is 37.9. The van der Waals surface area contributed by atoms with E-state index < -0.39 is 26.5 Å². The standard InChI is InChI=1S/C46H88NO8P/c1-6-8-10-12-14-16-18-20-22-23-25-27-29-31-33-35-37-39-46(49)55-44(43-54-56(50,51)53-41-40-47(3,4)5)42-52-45(48)38-36-34-32-30-28-26-24-21-19-17-15-13-11-9-7-2/h7,20,22,44H,2,6,8-19,21,23-43H2,1,3-5H3/p+1/b22-20+/t44-/m1/s1. The Morgan fingerprint density at radius 2 is 1.00 bits per heavy atom. The molecule has 0 saturated heterocycles. The third kappa shape index (κ3) is 42.1. The van der Waals surface area contributed by atoms with Crippen molar-refractivity contribution >= 4 is 19.8 Å². The van der Waals surface area contributed by atoms with Crippen molar-refractivity contribution in [1.82, 2.24) is 0 Å². The summed E-state index contributed by atoms with van der Waals surface area (Å²) < 4.78 is 34.3. The van der Waals surface area contributed by atoms with Crippen molar-refractivity contribution in [2.24, 2.45) is 0 Å². The molecular weight excluding hydrogens is 725 g/mol. The Hall–Kier alpha value is -1.51. The predicted molar refractivity (Wildman–Crippen MR) is 234 cm³/mol. The lowest BCUT2D eigenvalue weighted by molar-refractivity contribution is -0.870. The van der Waals surface area contributed by atoms with Gasteiger partial charge in [-0.05, 0) is 51.4 Å². The second-order valence-corrected chi connectivity index (χ2v) is 18.3. The number of phosphoric ester groups is 1. The fraction of sp³-hybridized carbons (Fsp3) is 0.870. The lowest BCUT2D eigenvalue weighted by Gasteiger charge is -2.24. The van der Waals surface area contributed by atoms with Crippen LogP contribution in [0.3, 0.4) is 0 Å². The zero-order valence-electron chi connectivity index (χ0n) is 37.0. The maximum atomic E-state index is 12.7. The van der Waals surface area contributed by atoms with E-state index in [1.807, 2.05) is 27.2 Å². The van der Waals surface area contributed by atoms with E-state index in [1.54, 1.807) is 0 Å². The molecule has 9 nitrogen and oxygen atoms in total. The van der Waals surface area contributed by atoms with E-state index in [1.165, 1.54) is 128 Å². The van der Waals surface area contributed by atoms with Crippen LogP contribution in [0.4, 0.5) is 0 Å². The number of ether oxygens (including phenoxy) is 2. The van der Waals surface area contributed by atoms with Crippen molar-refractivity contribution in [2.45, 2.75) is 212 Å². The molecule has 1 N–H and O–H groups in total. The molecule has 2 atom stereocenters. The van der Waals surface area contributed by atoms with Crippen LogP contribution in [0.15, 0.2) is 24.8 Å². The van der Waals surface area contributed by atoms with Gasteiger partial charge >= 0.3 is 19.8 Å². The number of esters is 2. The van der Waals surface area contributed by atoms with Crippen molar-refractivity contribution in [1.29, 1.82) is 0 Å². The molecule has 56 heavy (non-hydrogen) atoms. The minimum atomic E-state index is -4.37. The largest absolute Gasteiger partial charge is 0.472 e. The fourth-order valence-electron chi connectivity index (χ4n) is 6.46. The lowest BCUT2D eigenvalue weighted by Crippen LogP contribution is -2.37. The van der Waals surface area contributed by atoms with Crippen molar-refractivity contribution in [3.05, 3.63) is 24.8 Å². The molecule has 0 amide bonds. The molecule has 0 aromatic heterocycles. The smallest absolute Gasteiger partial charge is 0.462 e. The summed E-state index contributed by atoms with van der Waals surface area (Å²) in [5.41, 5.74) is 0. The number of likely N-dealkylation sites (N-methyl/N-ethyl adjacent to an activating group) is 1. The number of carbonyl (C=O) groups is 2. The number of carbonyl (C=O) groups excluding carboxylic acids is 2. The molecule has 0 aliphatic carbocycles.